The Labute approximate surface area is 228 Å². The Kier molecular flexibility index (Phi) is 6.35. The van der Waals surface area contributed by atoms with Gasteiger partial charge >= 0.3 is 6.18 Å². The molecular weight excluding hydrogens is 525 g/mol. The maximum atomic E-state index is 13.9. The third-order valence-electron chi connectivity index (χ3n) is 8.17. The molecular formula is C28H29F3N6O3. The number of amides is 3. The van der Waals surface area contributed by atoms with Crippen molar-refractivity contribution in [3.63, 3.8) is 0 Å². The van der Waals surface area contributed by atoms with Crippen molar-refractivity contribution in [1.29, 1.82) is 5.26 Å². The molecule has 3 aliphatic carbocycles. The van der Waals surface area contributed by atoms with E-state index in [9.17, 15) is 32.8 Å². The minimum atomic E-state index is -4.62. The van der Waals surface area contributed by atoms with Crippen LogP contribution in [0.1, 0.15) is 89.4 Å². The van der Waals surface area contributed by atoms with E-state index in [1.807, 2.05) is 0 Å². The van der Waals surface area contributed by atoms with Gasteiger partial charge in [0.1, 0.15) is 18.4 Å². The summed E-state index contributed by atoms with van der Waals surface area (Å²) < 4.78 is 41.7. The topological polar surface area (TPSA) is 111 Å². The summed E-state index contributed by atoms with van der Waals surface area (Å²) in [6, 6.07) is 5.12. The molecule has 6 rings (SSSR count). The van der Waals surface area contributed by atoms with Gasteiger partial charge in [0.15, 0.2) is 5.69 Å². The highest BCUT2D eigenvalue weighted by Gasteiger charge is 2.53. The molecule has 1 aromatic heterocycles. The zero-order valence-corrected chi connectivity index (χ0v) is 21.9. The number of nitrogens with one attached hydrogen (secondary N) is 1. The number of anilines is 1. The first kappa shape index (κ1) is 26.3. The third kappa shape index (κ3) is 4.61. The molecule has 1 aliphatic heterocycles. The lowest BCUT2D eigenvalue weighted by Gasteiger charge is -2.38. The van der Waals surface area contributed by atoms with Gasteiger partial charge in [0.05, 0.1) is 17.7 Å². The van der Waals surface area contributed by atoms with E-state index >= 15 is 0 Å². The minimum absolute atomic E-state index is 0.00209. The number of nitriles is 1. The predicted molar refractivity (Wildman–Crippen MR) is 136 cm³/mol. The van der Waals surface area contributed by atoms with Crippen LogP contribution in [0.3, 0.4) is 0 Å². The lowest BCUT2D eigenvalue weighted by molar-refractivity contribution is -0.137. The maximum absolute atomic E-state index is 13.9. The number of hydrogen-bond acceptors (Lipinski definition) is 5. The van der Waals surface area contributed by atoms with Crippen LogP contribution in [-0.4, -0.2) is 57.6 Å². The van der Waals surface area contributed by atoms with Gasteiger partial charge in [0.25, 0.3) is 17.7 Å². The molecule has 0 unspecified atom stereocenters. The molecule has 210 valence electrons. The molecule has 3 saturated carbocycles. The molecule has 1 aromatic carbocycles. The van der Waals surface area contributed by atoms with Crippen molar-refractivity contribution in [2.45, 2.75) is 75.7 Å². The van der Waals surface area contributed by atoms with Crippen LogP contribution in [0.5, 0.6) is 0 Å². The summed E-state index contributed by atoms with van der Waals surface area (Å²) in [6.07, 6.45) is 0.285. The van der Waals surface area contributed by atoms with Gasteiger partial charge in [0, 0.05) is 29.6 Å². The summed E-state index contributed by atoms with van der Waals surface area (Å²) in [6.45, 7) is 1.98. The van der Waals surface area contributed by atoms with Gasteiger partial charge in [-0.3, -0.25) is 19.3 Å². The zero-order chi connectivity index (χ0) is 28.3. The Hall–Kier alpha value is -3.88. The fraction of sp³-hybridized carbons (Fsp3) is 0.536. The van der Waals surface area contributed by atoms with E-state index in [4.69, 9.17) is 5.10 Å². The number of aromatic nitrogens is 2. The molecule has 0 saturated heterocycles. The van der Waals surface area contributed by atoms with E-state index in [0.717, 1.165) is 56.7 Å². The fourth-order valence-corrected chi connectivity index (χ4v) is 5.79. The Morgan fingerprint density at radius 2 is 1.90 bits per heavy atom. The van der Waals surface area contributed by atoms with Gasteiger partial charge in [-0.15, -0.1) is 0 Å². The van der Waals surface area contributed by atoms with Crippen LogP contribution >= 0.6 is 0 Å². The second kappa shape index (κ2) is 9.64. The monoisotopic (exact) mass is 554 g/mol. The van der Waals surface area contributed by atoms with E-state index in [0.29, 0.717) is 11.4 Å². The summed E-state index contributed by atoms with van der Waals surface area (Å²) in [5.41, 5.74) is -0.364. The number of hydrogen-bond donors (Lipinski definition) is 1. The fourth-order valence-electron chi connectivity index (χ4n) is 5.79. The summed E-state index contributed by atoms with van der Waals surface area (Å²) in [5.74, 6) is -1.52. The first-order valence-electron chi connectivity index (χ1n) is 13.7. The number of benzene rings is 1. The van der Waals surface area contributed by atoms with E-state index in [2.05, 4.69) is 11.4 Å². The van der Waals surface area contributed by atoms with E-state index in [1.165, 1.54) is 15.9 Å². The van der Waals surface area contributed by atoms with Crippen LogP contribution in [0.4, 0.5) is 19.0 Å². The normalized spacial score (nSPS) is 22.5. The Morgan fingerprint density at radius 1 is 1.18 bits per heavy atom. The van der Waals surface area contributed by atoms with Crippen LogP contribution in [0.25, 0.3) is 0 Å². The quantitative estimate of drug-likeness (QED) is 0.496. The molecule has 3 amide bonds. The van der Waals surface area contributed by atoms with Crippen molar-refractivity contribution in [3.8, 4) is 6.07 Å². The maximum Gasteiger partial charge on any atom is 0.416 e. The van der Waals surface area contributed by atoms with Crippen LogP contribution in [0.2, 0.25) is 0 Å². The number of carbonyl (C=O) groups excluding carboxylic acids is 3. The molecule has 3 fully saturated rings. The van der Waals surface area contributed by atoms with E-state index < -0.39 is 29.6 Å². The highest BCUT2D eigenvalue weighted by Crippen LogP contribution is 2.53. The van der Waals surface area contributed by atoms with E-state index in [1.54, 1.807) is 11.6 Å². The van der Waals surface area contributed by atoms with Crippen molar-refractivity contribution >= 4 is 23.5 Å². The van der Waals surface area contributed by atoms with Crippen molar-refractivity contribution in [2.24, 2.45) is 5.92 Å². The number of fused-ring (bicyclic) bond motifs is 1. The van der Waals surface area contributed by atoms with Gasteiger partial charge in [0.2, 0.25) is 0 Å². The van der Waals surface area contributed by atoms with E-state index in [-0.39, 0.29) is 54.2 Å². The number of nitrogens with zero attached hydrogens (tertiary/aromatic N) is 5. The van der Waals surface area contributed by atoms with Crippen molar-refractivity contribution in [3.05, 3.63) is 46.6 Å². The zero-order valence-electron chi connectivity index (χ0n) is 21.9. The first-order chi connectivity index (χ1) is 19.1. The summed E-state index contributed by atoms with van der Waals surface area (Å²) in [7, 11) is 0. The molecule has 0 bridgehead atoms. The van der Waals surface area contributed by atoms with Crippen LogP contribution in [0.15, 0.2) is 24.3 Å². The van der Waals surface area contributed by atoms with Crippen molar-refractivity contribution < 1.29 is 27.6 Å². The summed E-state index contributed by atoms with van der Waals surface area (Å²) in [4.78, 5) is 44.2. The molecule has 4 aliphatic rings. The SMILES string of the molecule is CCN1C(=O)[C@@H](NC(=O)c2cccc(C(F)(F)F)c2)[C@@H](C2CC2)c2c(C(=O)N(CC#N)C3CC3)nn(C3CC3)c21. The number of rotatable bonds is 8. The largest absolute Gasteiger partial charge is 0.416 e. The molecule has 40 heavy (non-hydrogen) atoms. The number of halogens is 3. The van der Waals surface area contributed by atoms with Gasteiger partial charge in [-0.1, -0.05) is 6.07 Å². The number of alkyl halides is 3. The Morgan fingerprint density at radius 3 is 2.48 bits per heavy atom. The van der Waals surface area contributed by atoms with Crippen LogP contribution in [-0.2, 0) is 11.0 Å². The van der Waals surface area contributed by atoms with Gasteiger partial charge in [-0.2, -0.15) is 23.5 Å². The lowest BCUT2D eigenvalue weighted by atomic mass is 9.82. The average Bonchev–Trinajstić information content (AvgIpc) is 3.78. The smallest absolute Gasteiger partial charge is 0.340 e. The molecule has 2 atom stereocenters. The molecule has 1 N–H and O–H groups in total. The minimum Gasteiger partial charge on any atom is -0.340 e. The molecule has 9 nitrogen and oxygen atoms in total. The summed E-state index contributed by atoms with van der Waals surface area (Å²) >= 11 is 0. The van der Waals surface area contributed by atoms with Crippen LogP contribution < -0.4 is 10.2 Å². The predicted octanol–water partition coefficient (Wildman–Crippen LogP) is 4.02. The molecule has 2 aromatic rings. The standard InChI is InChI=1S/C28H29F3N6O3/c1-2-35-25-21(23(34-37(25)19-10-11-19)27(40)36(13-12-32)18-8-9-18)20(15-6-7-15)22(26(35)39)33-24(38)16-4-3-5-17(14-16)28(29,30)31/h3-5,14-15,18-20,22H,2,6-11,13H2,1H3,(H,33,38)/t20-,22-/m0/s1. The highest BCUT2D eigenvalue weighted by molar-refractivity contribution is 6.07. The molecule has 0 radical (unpaired) electrons. The third-order valence-corrected chi connectivity index (χ3v) is 8.17. The number of likely N-dealkylation sites (N-methyl/N-ethyl adjacent to an activating group) is 1. The van der Waals surface area contributed by atoms with Gasteiger partial charge in [-0.25, -0.2) is 4.68 Å². The molecule has 0 spiro atoms. The second-order valence-electron chi connectivity index (χ2n) is 11.1. The second-order valence-corrected chi connectivity index (χ2v) is 11.1. The van der Waals surface area contributed by atoms with Crippen molar-refractivity contribution in [2.75, 3.05) is 18.0 Å². The number of carbonyl (C=O) groups is 3. The Bertz CT molecular complexity index is 1420. The first-order valence-corrected chi connectivity index (χ1v) is 13.7. The van der Waals surface area contributed by atoms with Gasteiger partial charge in [-0.05, 0) is 69.6 Å². The van der Waals surface area contributed by atoms with Crippen molar-refractivity contribution in [1.82, 2.24) is 20.0 Å². The lowest BCUT2D eigenvalue weighted by Crippen LogP contribution is -2.56. The highest BCUT2D eigenvalue weighted by atomic mass is 19.4. The van der Waals surface area contributed by atoms with Gasteiger partial charge < -0.3 is 10.2 Å². The molecule has 12 heteroatoms. The molecule has 2 heterocycles. The summed E-state index contributed by atoms with van der Waals surface area (Å²) in [5, 5.41) is 16.9. The average molecular weight is 555 g/mol. The van der Waals surface area contributed by atoms with Crippen LogP contribution in [0, 0.1) is 17.2 Å². The Balaban J connectivity index is 1.42.